The van der Waals surface area contributed by atoms with E-state index in [2.05, 4.69) is 64.4 Å². The zero-order valence-electron chi connectivity index (χ0n) is 28.9. The summed E-state index contributed by atoms with van der Waals surface area (Å²) in [6.07, 6.45) is 15.7. The lowest BCUT2D eigenvalue weighted by Crippen LogP contribution is -2.38. The Bertz CT molecular complexity index is 1300. The highest BCUT2D eigenvalue weighted by molar-refractivity contribution is 7.59. The van der Waals surface area contributed by atoms with Crippen molar-refractivity contribution in [2.24, 2.45) is 9.49 Å². The molecule has 2 aromatic carbocycles. The number of nitriles is 1. The maximum atomic E-state index is 7.32. The molecule has 6 fully saturated rings. The molecule has 0 aliphatic carbocycles. The van der Waals surface area contributed by atoms with Crippen LogP contribution in [0.3, 0.4) is 0 Å². The van der Waals surface area contributed by atoms with Gasteiger partial charge >= 0.3 is 0 Å². The highest BCUT2D eigenvalue weighted by Gasteiger charge is 2.45. The van der Waals surface area contributed by atoms with E-state index in [1.54, 1.807) is 6.07 Å². The third kappa shape index (κ3) is 6.55. The number of benzene rings is 2. The first-order valence-electron chi connectivity index (χ1n) is 18.8. The van der Waals surface area contributed by atoms with Gasteiger partial charge in [0.1, 0.15) is 0 Å². The van der Waals surface area contributed by atoms with Crippen molar-refractivity contribution < 1.29 is 0 Å². The van der Waals surface area contributed by atoms with Gasteiger partial charge < -0.3 is 0 Å². The van der Waals surface area contributed by atoms with Crippen LogP contribution in [-0.4, -0.2) is 107 Å². The quantitative estimate of drug-likeness (QED) is 0.258. The molecule has 0 amide bonds. The molecule has 6 saturated heterocycles. The van der Waals surface area contributed by atoms with Crippen molar-refractivity contribution in [1.29, 1.82) is 5.26 Å². The number of fused-ring (bicyclic) bond motifs is 1. The summed E-state index contributed by atoms with van der Waals surface area (Å²) in [6.45, 7) is 15.8. The minimum absolute atomic E-state index is 1.19. The van der Waals surface area contributed by atoms with E-state index in [1.165, 1.54) is 185 Å². The van der Waals surface area contributed by atoms with E-state index in [9.17, 15) is 0 Å². The Balaban J connectivity index is 0.00000113. The Labute approximate surface area is 284 Å². The maximum absolute atomic E-state index is 7.32. The summed E-state index contributed by atoms with van der Waals surface area (Å²) < 4.78 is 29.5. The molecule has 0 aromatic heterocycles. The molecule has 256 valence electrons. The summed E-state index contributed by atoms with van der Waals surface area (Å²) in [5.74, 6) is 0. The van der Waals surface area contributed by atoms with E-state index in [0.29, 0.717) is 0 Å². The minimum Gasteiger partial charge on any atom is -0.246 e. The van der Waals surface area contributed by atoms with Crippen LogP contribution in [0.1, 0.15) is 84.0 Å². The van der Waals surface area contributed by atoms with Gasteiger partial charge in [0.2, 0.25) is 0 Å². The van der Waals surface area contributed by atoms with Crippen LogP contribution in [0.4, 0.5) is 11.4 Å². The van der Waals surface area contributed by atoms with Crippen molar-refractivity contribution in [3.63, 3.8) is 0 Å². The van der Waals surface area contributed by atoms with Crippen LogP contribution in [-0.2, 0) is 0 Å². The second kappa shape index (κ2) is 15.5. The van der Waals surface area contributed by atoms with Gasteiger partial charge in [0, 0.05) is 90.8 Å². The average molecular weight is 678 g/mol. The van der Waals surface area contributed by atoms with Crippen LogP contribution in [0.15, 0.2) is 45.9 Å². The van der Waals surface area contributed by atoms with E-state index >= 15 is 0 Å². The van der Waals surface area contributed by atoms with Gasteiger partial charge in [-0.1, -0.05) is 24.3 Å². The lowest BCUT2D eigenvalue weighted by molar-refractivity contribution is 0.384. The van der Waals surface area contributed by atoms with Gasteiger partial charge in [0.25, 0.3) is 0 Å². The van der Waals surface area contributed by atoms with E-state index in [1.807, 2.05) is 0 Å². The van der Waals surface area contributed by atoms with Crippen molar-refractivity contribution in [3.8, 4) is 6.07 Å². The van der Waals surface area contributed by atoms with E-state index in [0.717, 1.165) is 0 Å². The fourth-order valence-electron chi connectivity index (χ4n) is 9.02. The van der Waals surface area contributed by atoms with Crippen molar-refractivity contribution in [3.05, 3.63) is 36.4 Å². The third-order valence-electron chi connectivity index (χ3n) is 11.1. The Morgan fingerprint density at radius 2 is 0.702 bits per heavy atom. The number of hydrogen-bond donors (Lipinski definition) is 0. The van der Waals surface area contributed by atoms with Crippen molar-refractivity contribution in [1.82, 2.24) is 28.0 Å². The zero-order chi connectivity index (χ0) is 32.1. The van der Waals surface area contributed by atoms with Crippen LogP contribution in [0, 0.1) is 11.3 Å². The van der Waals surface area contributed by atoms with Gasteiger partial charge in [-0.05, 0) is 94.6 Å². The van der Waals surface area contributed by atoms with Gasteiger partial charge in [0.15, 0.2) is 15.0 Å². The highest BCUT2D eigenvalue weighted by atomic mass is 31.2. The van der Waals surface area contributed by atoms with Crippen LogP contribution < -0.4 is 0 Å². The standard InChI is InChI=1S/C34H54N8P2.C2H3N/c1-2-20-37(19-1)43(38-21-3-4-22-38,39-23-5-6-24-39)35-32-17-13-15-31-16-14-18-33(34(31)32)36-44(40-25-7-8-26-40,41-27-9-10-28-41)42-29-11-12-30-42;1-2-3/h13-18H,1-12,19-30H2;1H3. The van der Waals surface area contributed by atoms with Crippen molar-refractivity contribution >= 4 is 37.2 Å². The lowest BCUT2D eigenvalue weighted by atomic mass is 10.1. The fraction of sp³-hybridized carbons (Fsp3) is 0.694. The van der Waals surface area contributed by atoms with E-state index in [4.69, 9.17) is 14.8 Å². The maximum Gasteiger partial charge on any atom is 0.173 e. The molecular weight excluding hydrogens is 620 g/mol. The molecule has 8 rings (SSSR count). The van der Waals surface area contributed by atoms with Gasteiger partial charge in [-0.3, -0.25) is 0 Å². The molecule has 0 spiro atoms. The zero-order valence-corrected chi connectivity index (χ0v) is 30.6. The molecule has 11 heteroatoms. The molecular formula is C36H57N9P2. The normalized spacial score (nSPS) is 24.3. The predicted molar refractivity (Wildman–Crippen MR) is 198 cm³/mol. The van der Waals surface area contributed by atoms with Crippen LogP contribution in [0.25, 0.3) is 10.8 Å². The lowest BCUT2D eigenvalue weighted by Gasteiger charge is -2.46. The number of nitrogens with zero attached hydrogens (tertiary/aromatic N) is 9. The molecule has 47 heavy (non-hydrogen) atoms. The molecule has 0 radical (unpaired) electrons. The third-order valence-corrected chi connectivity index (χ3v) is 19.0. The molecule has 6 aliphatic heterocycles. The summed E-state index contributed by atoms with van der Waals surface area (Å²) >= 11 is 0. The van der Waals surface area contributed by atoms with Gasteiger partial charge in [0.05, 0.1) is 17.4 Å². The summed E-state index contributed by atoms with van der Waals surface area (Å²) in [4.78, 5) is 0. The molecule has 0 atom stereocenters. The second-order valence-electron chi connectivity index (χ2n) is 14.1. The van der Waals surface area contributed by atoms with E-state index < -0.39 is 15.0 Å². The predicted octanol–water partition coefficient (Wildman–Crippen LogP) is 9.10. The first-order chi connectivity index (χ1) is 23.2. The Hall–Kier alpha value is -1.59. The molecule has 2 aromatic rings. The molecule has 0 N–H and O–H groups in total. The topological polar surface area (TPSA) is 68.0 Å². The van der Waals surface area contributed by atoms with Crippen LogP contribution >= 0.6 is 15.0 Å². The average Bonchev–Trinajstić information content (AvgIpc) is 3.94. The molecule has 9 nitrogen and oxygen atoms in total. The van der Waals surface area contributed by atoms with Gasteiger partial charge in [-0.25, -0.2) is 37.5 Å². The first kappa shape index (κ1) is 33.9. The monoisotopic (exact) mass is 677 g/mol. The SMILES string of the molecule is CC#N.c1cc(N=P(N2CCCC2)(N2CCCC2)N2CCCC2)c2c(N=P(N3CCCC3)(N3CCCC3)N3CCCC3)cccc2c1. The van der Waals surface area contributed by atoms with Crippen LogP contribution in [0.2, 0.25) is 0 Å². The molecule has 6 aliphatic rings. The number of hydrogen-bond acceptors (Lipinski definition) is 3. The first-order valence-corrected chi connectivity index (χ1v) is 22.0. The summed E-state index contributed by atoms with van der Waals surface area (Å²) in [5, 5.41) is 9.93. The van der Waals surface area contributed by atoms with Gasteiger partial charge in [-0.2, -0.15) is 5.26 Å². The Kier molecular flexibility index (Phi) is 11.2. The van der Waals surface area contributed by atoms with Crippen molar-refractivity contribution in [2.45, 2.75) is 84.0 Å². The fourth-order valence-corrected chi connectivity index (χ4v) is 17.8. The molecule has 0 unspecified atom stereocenters. The second-order valence-corrected chi connectivity index (χ2v) is 20.1. The summed E-state index contributed by atoms with van der Waals surface area (Å²) in [6, 6.07) is 15.6. The molecule has 6 heterocycles. The van der Waals surface area contributed by atoms with Crippen molar-refractivity contribution in [2.75, 3.05) is 78.5 Å². The molecule has 0 saturated carbocycles. The van der Waals surface area contributed by atoms with Gasteiger partial charge in [-0.15, -0.1) is 0 Å². The van der Waals surface area contributed by atoms with Crippen LogP contribution in [0.5, 0.6) is 0 Å². The minimum atomic E-state index is -2.04. The largest absolute Gasteiger partial charge is 0.246 e. The Morgan fingerprint density at radius 3 is 0.936 bits per heavy atom. The highest BCUT2D eigenvalue weighted by Crippen LogP contribution is 2.67. The Morgan fingerprint density at radius 1 is 0.468 bits per heavy atom. The smallest absolute Gasteiger partial charge is 0.173 e. The molecule has 0 bridgehead atoms. The van der Waals surface area contributed by atoms with E-state index in [-0.39, 0.29) is 0 Å². The summed E-state index contributed by atoms with van der Waals surface area (Å²) in [7, 11) is -4.07. The number of rotatable bonds is 8. The summed E-state index contributed by atoms with van der Waals surface area (Å²) in [5.41, 5.74) is 2.39.